The Labute approximate surface area is 71.7 Å². The molecule has 0 aliphatic carbocycles. The molecule has 12 heavy (non-hydrogen) atoms. The van der Waals surface area contributed by atoms with Gasteiger partial charge < -0.3 is 0 Å². The number of rotatable bonds is 2. The van der Waals surface area contributed by atoms with Gasteiger partial charge in [0.15, 0.2) is 0 Å². The van der Waals surface area contributed by atoms with Crippen LogP contribution in [-0.2, 0) is 24.1 Å². The van der Waals surface area contributed by atoms with Crippen LogP contribution in [0.1, 0.15) is 27.7 Å². The van der Waals surface area contributed by atoms with Gasteiger partial charge in [-0.25, -0.2) is 4.79 Å². The fourth-order valence-electron chi connectivity index (χ4n) is 0.195. The minimum Gasteiger partial charge on any atom is -0.282 e. The zero-order valence-electron chi connectivity index (χ0n) is 7.45. The fraction of sp³-hybridized carbons (Fsp3) is 0.833. The van der Waals surface area contributed by atoms with E-state index in [-0.39, 0.29) is 0 Å². The third-order valence-electron chi connectivity index (χ3n) is 0.991. The normalized spacial score (nSPS) is 12.7. The van der Waals surface area contributed by atoms with Gasteiger partial charge in [0, 0.05) is 6.92 Å². The molecule has 0 atom stereocenters. The summed E-state index contributed by atoms with van der Waals surface area (Å²) in [5.74, 6) is -0.803. The lowest BCUT2D eigenvalue weighted by Crippen LogP contribution is -2.30. The summed E-state index contributed by atoms with van der Waals surface area (Å²) in [5.41, 5.74) is 0. The van der Waals surface area contributed by atoms with Gasteiger partial charge in [0.2, 0.25) is 0 Å². The average Bonchev–Trinajstić information content (AvgIpc) is 1.81. The Morgan fingerprint density at radius 2 is 1.67 bits per heavy atom. The van der Waals surface area contributed by atoms with E-state index >= 15 is 0 Å². The Balaban J connectivity index is 4.37. The van der Waals surface area contributed by atoms with E-state index in [1.165, 1.54) is 20.8 Å². The lowest BCUT2D eigenvalue weighted by atomic mass is 10.3. The molecule has 0 N–H and O–H groups in total. The first-order valence-electron chi connectivity index (χ1n) is 3.28. The van der Waals surface area contributed by atoms with Crippen LogP contribution >= 0.6 is 0 Å². The van der Waals surface area contributed by atoms with E-state index < -0.39 is 20.8 Å². The van der Waals surface area contributed by atoms with Crippen molar-refractivity contribution in [1.29, 1.82) is 0 Å². The summed E-state index contributed by atoms with van der Waals surface area (Å²) in [4.78, 5) is 14.1. The summed E-state index contributed by atoms with van der Waals surface area (Å²) in [6, 6.07) is 0. The van der Waals surface area contributed by atoms with Crippen molar-refractivity contribution in [2.75, 3.05) is 0 Å². The minimum atomic E-state index is -3.84. The van der Waals surface area contributed by atoms with Crippen LogP contribution in [0, 0.1) is 0 Å². The molecular formula is C6H12O5S. The van der Waals surface area contributed by atoms with Crippen molar-refractivity contribution in [2.45, 2.75) is 32.4 Å². The van der Waals surface area contributed by atoms with Gasteiger partial charge in [0.05, 0.1) is 4.75 Å². The van der Waals surface area contributed by atoms with Crippen molar-refractivity contribution in [3.8, 4) is 0 Å². The van der Waals surface area contributed by atoms with E-state index in [9.17, 15) is 13.2 Å². The summed E-state index contributed by atoms with van der Waals surface area (Å²) < 4.78 is 25.0. The lowest BCUT2D eigenvalue weighted by Gasteiger charge is -2.15. The molecule has 0 heterocycles. The van der Waals surface area contributed by atoms with Crippen LogP contribution in [-0.4, -0.2) is 19.1 Å². The molecule has 0 saturated carbocycles. The van der Waals surface area contributed by atoms with Crippen LogP contribution < -0.4 is 0 Å². The lowest BCUT2D eigenvalue weighted by molar-refractivity contribution is -0.209. The van der Waals surface area contributed by atoms with Crippen molar-refractivity contribution >= 4 is 16.1 Å². The number of hydrogen-bond donors (Lipinski definition) is 0. The molecule has 0 spiro atoms. The maximum atomic E-state index is 11.1. The van der Waals surface area contributed by atoms with Crippen LogP contribution in [0.2, 0.25) is 0 Å². The Kier molecular flexibility index (Phi) is 3.23. The smallest absolute Gasteiger partial charge is 0.282 e. The first kappa shape index (κ1) is 11.4. The van der Waals surface area contributed by atoms with Crippen LogP contribution in [0.5, 0.6) is 0 Å². The SMILES string of the molecule is CC(=O)OOS(=O)(=O)C(C)(C)C. The van der Waals surface area contributed by atoms with Crippen LogP contribution in [0.25, 0.3) is 0 Å². The molecule has 72 valence electrons. The van der Waals surface area contributed by atoms with Gasteiger partial charge in [-0.3, -0.25) is 4.89 Å². The maximum absolute atomic E-state index is 11.1. The zero-order chi connectivity index (χ0) is 9.99. The monoisotopic (exact) mass is 196 g/mol. The molecule has 0 fully saturated rings. The van der Waals surface area contributed by atoms with Gasteiger partial charge in [-0.2, -0.15) is 8.42 Å². The first-order chi connectivity index (χ1) is 5.17. The van der Waals surface area contributed by atoms with Gasteiger partial charge in [0.1, 0.15) is 0 Å². The summed E-state index contributed by atoms with van der Waals surface area (Å²) in [6.45, 7) is 5.36. The van der Waals surface area contributed by atoms with E-state index in [0.717, 1.165) is 6.92 Å². The Morgan fingerprint density at radius 3 is 1.92 bits per heavy atom. The quantitative estimate of drug-likeness (QED) is 0.478. The van der Waals surface area contributed by atoms with E-state index in [1.54, 1.807) is 0 Å². The second-order valence-corrected chi connectivity index (χ2v) is 5.48. The molecule has 0 bridgehead atoms. The van der Waals surface area contributed by atoms with E-state index in [0.29, 0.717) is 0 Å². The number of carbonyl (C=O) groups excluding carboxylic acids is 1. The molecule has 6 heteroatoms. The Morgan fingerprint density at radius 1 is 1.25 bits per heavy atom. The highest BCUT2D eigenvalue weighted by molar-refractivity contribution is 7.88. The maximum Gasteiger partial charge on any atom is 0.340 e. The van der Waals surface area contributed by atoms with Gasteiger partial charge in [-0.1, -0.05) is 4.33 Å². The third kappa shape index (κ3) is 3.19. The van der Waals surface area contributed by atoms with Crippen molar-refractivity contribution in [3.05, 3.63) is 0 Å². The van der Waals surface area contributed by atoms with Gasteiger partial charge in [-0.15, -0.1) is 0 Å². The molecule has 0 rings (SSSR count). The molecule has 0 aromatic heterocycles. The van der Waals surface area contributed by atoms with E-state index in [1.807, 2.05) is 0 Å². The highest BCUT2D eigenvalue weighted by Crippen LogP contribution is 2.16. The topological polar surface area (TPSA) is 69.7 Å². The van der Waals surface area contributed by atoms with Gasteiger partial charge in [0.25, 0.3) is 0 Å². The second kappa shape index (κ2) is 3.40. The molecule has 0 aromatic carbocycles. The number of carbonyl (C=O) groups is 1. The van der Waals surface area contributed by atoms with Crippen LogP contribution in [0.4, 0.5) is 0 Å². The van der Waals surface area contributed by atoms with Gasteiger partial charge >= 0.3 is 16.1 Å². The molecule has 0 unspecified atom stereocenters. The minimum absolute atomic E-state index is 0.803. The van der Waals surface area contributed by atoms with Crippen molar-refractivity contribution in [1.82, 2.24) is 0 Å². The summed E-state index contributed by atoms with van der Waals surface area (Å²) >= 11 is 0. The molecule has 0 radical (unpaired) electrons. The molecule has 0 aromatic rings. The Hall–Kier alpha value is -0.620. The second-order valence-electron chi connectivity index (χ2n) is 3.21. The highest BCUT2D eigenvalue weighted by atomic mass is 32.2. The summed E-state index contributed by atoms with van der Waals surface area (Å²) in [7, 11) is -3.84. The van der Waals surface area contributed by atoms with Crippen LogP contribution in [0.15, 0.2) is 0 Å². The molecule has 0 amide bonds. The Bertz CT molecular complexity index is 258. The molecular weight excluding hydrogens is 184 g/mol. The van der Waals surface area contributed by atoms with Crippen LogP contribution in [0.3, 0.4) is 0 Å². The summed E-state index contributed by atoms with van der Waals surface area (Å²) in [6.07, 6.45) is 0. The van der Waals surface area contributed by atoms with E-state index in [2.05, 4.69) is 9.22 Å². The van der Waals surface area contributed by atoms with Crippen molar-refractivity contribution in [3.63, 3.8) is 0 Å². The fourth-order valence-corrected chi connectivity index (χ4v) is 0.584. The average molecular weight is 196 g/mol. The standard InChI is InChI=1S/C6H12O5S/c1-5(7)10-11-12(8,9)6(2,3)4/h1-4H3. The third-order valence-corrected chi connectivity index (χ3v) is 2.74. The van der Waals surface area contributed by atoms with Crippen molar-refractivity contribution < 1.29 is 22.4 Å². The zero-order valence-corrected chi connectivity index (χ0v) is 8.27. The number of hydrogen-bond acceptors (Lipinski definition) is 5. The molecule has 0 aliphatic rings. The van der Waals surface area contributed by atoms with E-state index in [4.69, 9.17) is 0 Å². The van der Waals surface area contributed by atoms with Crippen molar-refractivity contribution in [2.24, 2.45) is 0 Å². The molecule has 0 aliphatic heterocycles. The highest BCUT2D eigenvalue weighted by Gasteiger charge is 2.32. The van der Waals surface area contributed by atoms with Gasteiger partial charge in [-0.05, 0) is 20.8 Å². The predicted octanol–water partition coefficient (Wildman–Crippen LogP) is 0.609. The molecule has 5 nitrogen and oxygen atoms in total. The largest absolute Gasteiger partial charge is 0.340 e. The molecule has 0 saturated heterocycles. The first-order valence-corrected chi connectivity index (χ1v) is 4.69. The summed E-state index contributed by atoms with van der Waals surface area (Å²) in [5, 5.41) is 0. The predicted molar refractivity (Wildman–Crippen MR) is 41.5 cm³/mol.